The third-order valence-corrected chi connectivity index (χ3v) is 5.08. The molecule has 0 saturated heterocycles. The Balaban J connectivity index is 1.59. The lowest BCUT2D eigenvalue weighted by Crippen LogP contribution is -2.31. The molecule has 3 aromatic rings. The molecule has 0 radical (unpaired) electrons. The van der Waals surface area contributed by atoms with Crippen LogP contribution < -0.4 is 5.32 Å². The number of esters is 1. The summed E-state index contributed by atoms with van der Waals surface area (Å²) in [6.45, 7) is 2.09. The summed E-state index contributed by atoms with van der Waals surface area (Å²) >= 11 is 0. The predicted octanol–water partition coefficient (Wildman–Crippen LogP) is 1.98. The van der Waals surface area contributed by atoms with Gasteiger partial charge in [0, 0.05) is 30.2 Å². The number of anilines is 1. The zero-order valence-corrected chi connectivity index (χ0v) is 16.8. The van der Waals surface area contributed by atoms with E-state index in [4.69, 9.17) is 14.8 Å². The highest BCUT2D eigenvalue weighted by Gasteiger charge is 2.34. The molecule has 4 rings (SSSR count). The summed E-state index contributed by atoms with van der Waals surface area (Å²) < 4.78 is 6.79. The highest BCUT2D eigenvalue weighted by Crippen LogP contribution is 2.26. The van der Waals surface area contributed by atoms with Crippen LogP contribution in [0.3, 0.4) is 0 Å². The molecule has 0 spiro atoms. The van der Waals surface area contributed by atoms with Gasteiger partial charge in [0.1, 0.15) is 11.3 Å². The number of methoxy groups -OCH3 is 1. The van der Waals surface area contributed by atoms with Crippen molar-refractivity contribution in [2.24, 2.45) is 0 Å². The molecular formula is C22H22N4O4. The van der Waals surface area contributed by atoms with Crippen LogP contribution in [0, 0.1) is 6.92 Å². The summed E-state index contributed by atoms with van der Waals surface area (Å²) in [4.78, 5) is 30.8. The number of aliphatic hydroxyl groups is 1. The van der Waals surface area contributed by atoms with E-state index in [9.17, 15) is 9.59 Å². The number of imidazole rings is 1. The molecule has 30 heavy (non-hydrogen) atoms. The highest BCUT2D eigenvalue weighted by atomic mass is 16.5. The van der Waals surface area contributed by atoms with Gasteiger partial charge >= 0.3 is 5.97 Å². The fourth-order valence-electron chi connectivity index (χ4n) is 3.51. The summed E-state index contributed by atoms with van der Waals surface area (Å²) in [5.41, 5.74) is 4.86. The van der Waals surface area contributed by atoms with E-state index in [0.717, 1.165) is 22.5 Å². The molecule has 0 aliphatic carbocycles. The number of aromatic nitrogens is 2. The largest absolute Gasteiger partial charge is 0.466 e. The summed E-state index contributed by atoms with van der Waals surface area (Å²) in [6.07, 6.45) is 3.93. The average molecular weight is 406 g/mol. The lowest BCUT2D eigenvalue weighted by molar-refractivity contribution is -0.136. The Morgan fingerprint density at radius 2 is 2.03 bits per heavy atom. The van der Waals surface area contributed by atoms with Crippen molar-refractivity contribution in [1.82, 2.24) is 14.3 Å². The number of aliphatic hydroxyl groups excluding tert-OH is 1. The SMILES string of the molecule is COC(=O)C1=C(Nc2ccc(-c3cn4cccc(C)c4n3)cc2)C(=O)N(CCO)C1. The smallest absolute Gasteiger partial charge is 0.337 e. The van der Waals surface area contributed by atoms with Gasteiger partial charge in [0.05, 0.1) is 31.5 Å². The van der Waals surface area contributed by atoms with Gasteiger partial charge in [-0.2, -0.15) is 0 Å². The number of nitrogens with one attached hydrogen (secondary N) is 1. The minimum atomic E-state index is -0.567. The fourth-order valence-corrected chi connectivity index (χ4v) is 3.51. The first-order chi connectivity index (χ1) is 14.5. The molecule has 0 saturated carbocycles. The number of fused-ring (bicyclic) bond motifs is 1. The Labute approximate surface area is 173 Å². The molecule has 0 atom stereocenters. The topological polar surface area (TPSA) is 96.2 Å². The van der Waals surface area contributed by atoms with E-state index < -0.39 is 5.97 Å². The van der Waals surface area contributed by atoms with Crippen LogP contribution in [0.1, 0.15) is 5.56 Å². The first-order valence-corrected chi connectivity index (χ1v) is 9.55. The molecule has 0 bridgehead atoms. The van der Waals surface area contributed by atoms with Gasteiger partial charge in [-0.15, -0.1) is 0 Å². The van der Waals surface area contributed by atoms with Crippen molar-refractivity contribution in [3.05, 3.63) is 65.6 Å². The minimum absolute atomic E-state index is 0.104. The minimum Gasteiger partial charge on any atom is -0.466 e. The Bertz CT molecular complexity index is 1150. The molecule has 0 unspecified atom stereocenters. The molecule has 8 nitrogen and oxygen atoms in total. The molecule has 0 fully saturated rings. The van der Waals surface area contributed by atoms with Crippen molar-refractivity contribution in [2.45, 2.75) is 6.92 Å². The predicted molar refractivity (Wildman–Crippen MR) is 112 cm³/mol. The Morgan fingerprint density at radius 1 is 1.27 bits per heavy atom. The number of nitrogens with zero attached hydrogens (tertiary/aromatic N) is 3. The number of hydrogen-bond acceptors (Lipinski definition) is 6. The maximum absolute atomic E-state index is 12.6. The normalized spacial score (nSPS) is 14.0. The maximum atomic E-state index is 12.6. The van der Waals surface area contributed by atoms with E-state index in [2.05, 4.69) is 5.32 Å². The summed E-state index contributed by atoms with van der Waals surface area (Å²) in [5, 5.41) is 12.2. The number of rotatable bonds is 6. The second-order valence-electron chi connectivity index (χ2n) is 7.05. The zero-order chi connectivity index (χ0) is 21.3. The molecule has 1 aromatic carbocycles. The molecule has 8 heteroatoms. The van der Waals surface area contributed by atoms with Gasteiger partial charge in [-0.3, -0.25) is 4.79 Å². The zero-order valence-electron chi connectivity index (χ0n) is 16.8. The number of carbonyl (C=O) groups is 2. The highest BCUT2D eigenvalue weighted by molar-refractivity contribution is 6.08. The number of carbonyl (C=O) groups excluding carboxylic acids is 2. The quantitative estimate of drug-likeness (QED) is 0.608. The Hall–Kier alpha value is -3.65. The van der Waals surface area contributed by atoms with E-state index >= 15 is 0 Å². The van der Waals surface area contributed by atoms with Crippen LogP contribution in [0.4, 0.5) is 5.69 Å². The van der Waals surface area contributed by atoms with E-state index in [0.29, 0.717) is 5.69 Å². The van der Waals surface area contributed by atoms with E-state index in [1.165, 1.54) is 12.0 Å². The van der Waals surface area contributed by atoms with E-state index in [1.54, 1.807) is 0 Å². The monoisotopic (exact) mass is 406 g/mol. The van der Waals surface area contributed by atoms with Gasteiger partial charge in [-0.05, 0) is 30.7 Å². The lowest BCUT2D eigenvalue weighted by Gasteiger charge is -2.15. The van der Waals surface area contributed by atoms with Crippen LogP contribution in [0.15, 0.2) is 60.1 Å². The first kappa shape index (κ1) is 19.7. The van der Waals surface area contributed by atoms with Crippen molar-refractivity contribution in [1.29, 1.82) is 0 Å². The molecule has 1 amide bonds. The third kappa shape index (κ3) is 3.53. The third-order valence-electron chi connectivity index (χ3n) is 5.08. The maximum Gasteiger partial charge on any atom is 0.337 e. The number of β-amino-alcohol motifs (C(OH)–C–C–N with tert-alkyl or cyclic N) is 1. The van der Waals surface area contributed by atoms with Gasteiger partial charge in [-0.25, -0.2) is 9.78 Å². The standard InChI is InChI=1S/C22H22N4O4/c1-14-4-3-9-25-13-18(24-20(14)25)15-5-7-16(8-6-15)23-19-17(22(29)30-2)12-26(10-11-27)21(19)28/h3-9,13,23,27H,10-12H2,1-2H3. The Kier molecular flexibility index (Phi) is 5.24. The molecule has 1 aliphatic heterocycles. The molecule has 3 heterocycles. The number of benzene rings is 1. The second-order valence-corrected chi connectivity index (χ2v) is 7.05. The van der Waals surface area contributed by atoms with E-state index in [-0.39, 0.29) is 36.9 Å². The van der Waals surface area contributed by atoms with Gasteiger partial charge in [0.2, 0.25) is 0 Å². The van der Waals surface area contributed by atoms with Gasteiger partial charge < -0.3 is 24.5 Å². The molecule has 154 valence electrons. The number of pyridine rings is 1. The van der Waals surface area contributed by atoms with Gasteiger partial charge in [0.25, 0.3) is 5.91 Å². The fraction of sp³-hybridized carbons (Fsp3) is 0.227. The number of aryl methyl sites for hydroxylation is 1. The van der Waals surface area contributed by atoms with Crippen LogP contribution >= 0.6 is 0 Å². The van der Waals surface area contributed by atoms with Crippen LogP contribution in [0.2, 0.25) is 0 Å². The average Bonchev–Trinajstić information content (AvgIpc) is 3.32. The number of hydrogen-bond donors (Lipinski definition) is 2. The Morgan fingerprint density at radius 3 is 2.70 bits per heavy atom. The van der Waals surface area contributed by atoms with E-state index in [1.807, 2.05) is 60.1 Å². The van der Waals surface area contributed by atoms with Crippen molar-refractivity contribution >= 4 is 23.2 Å². The van der Waals surface area contributed by atoms with Crippen LogP contribution in [0.5, 0.6) is 0 Å². The summed E-state index contributed by atoms with van der Waals surface area (Å²) in [5.74, 6) is -0.910. The molecule has 1 aliphatic rings. The lowest BCUT2D eigenvalue weighted by atomic mass is 10.1. The van der Waals surface area contributed by atoms with Crippen LogP contribution in [-0.2, 0) is 14.3 Å². The van der Waals surface area contributed by atoms with Crippen molar-refractivity contribution < 1.29 is 19.4 Å². The molecule has 2 N–H and O–H groups in total. The number of ether oxygens (including phenoxy) is 1. The second kappa shape index (κ2) is 8.00. The van der Waals surface area contributed by atoms with Crippen molar-refractivity contribution in [3.63, 3.8) is 0 Å². The van der Waals surface area contributed by atoms with Gasteiger partial charge in [-0.1, -0.05) is 18.2 Å². The van der Waals surface area contributed by atoms with Crippen LogP contribution in [0.25, 0.3) is 16.9 Å². The number of amides is 1. The van der Waals surface area contributed by atoms with Gasteiger partial charge in [0.15, 0.2) is 0 Å². The van der Waals surface area contributed by atoms with Crippen molar-refractivity contribution in [3.8, 4) is 11.3 Å². The molecule has 2 aromatic heterocycles. The van der Waals surface area contributed by atoms with Crippen LogP contribution in [-0.4, -0.2) is 58.1 Å². The van der Waals surface area contributed by atoms with Crippen molar-refractivity contribution in [2.75, 3.05) is 32.1 Å². The summed E-state index contributed by atoms with van der Waals surface area (Å²) in [6, 6.07) is 11.5. The first-order valence-electron chi connectivity index (χ1n) is 9.55. The summed E-state index contributed by atoms with van der Waals surface area (Å²) in [7, 11) is 1.28. The molecular weight excluding hydrogens is 384 g/mol.